The van der Waals surface area contributed by atoms with Crippen LogP contribution in [0.4, 0.5) is 0 Å². The molecule has 0 amide bonds. The first kappa shape index (κ1) is 14.8. The summed E-state index contributed by atoms with van der Waals surface area (Å²) in [6, 6.07) is 16.1. The molecular weight excluding hydrogens is 326 g/mol. The average Bonchev–Trinajstić information content (AvgIpc) is 3.28. The second-order valence-corrected chi connectivity index (χ2v) is 6.30. The van der Waals surface area contributed by atoms with E-state index in [1.165, 1.54) is 5.56 Å². The van der Waals surface area contributed by atoms with Gasteiger partial charge in [0.1, 0.15) is 5.82 Å². The van der Waals surface area contributed by atoms with Crippen molar-refractivity contribution in [2.75, 3.05) is 0 Å². The highest BCUT2D eigenvalue weighted by atomic mass is 16.5. The third-order valence-corrected chi connectivity index (χ3v) is 4.42. The van der Waals surface area contributed by atoms with Gasteiger partial charge in [0.25, 0.3) is 0 Å². The monoisotopic (exact) mass is 341 g/mol. The molecule has 6 nitrogen and oxygen atoms in total. The molecule has 0 fully saturated rings. The maximum atomic E-state index is 5.37. The Labute approximate surface area is 149 Å². The number of aromatic nitrogens is 5. The van der Waals surface area contributed by atoms with Gasteiger partial charge >= 0.3 is 0 Å². The molecule has 0 spiro atoms. The highest BCUT2D eigenvalue weighted by Gasteiger charge is 2.11. The predicted octanol–water partition coefficient (Wildman–Crippen LogP) is 3.83. The maximum absolute atomic E-state index is 5.37. The minimum Gasteiger partial charge on any atom is -0.356 e. The zero-order valence-corrected chi connectivity index (χ0v) is 14.1. The highest BCUT2D eigenvalue weighted by Crippen LogP contribution is 2.22. The lowest BCUT2D eigenvalue weighted by Crippen LogP contribution is -1.97. The topological polar surface area (TPSA) is 69.1 Å². The second kappa shape index (κ2) is 5.77. The Hall–Kier alpha value is -3.54. The smallest absolute Gasteiger partial charge is 0.168 e. The Morgan fingerprint density at radius 3 is 2.88 bits per heavy atom. The van der Waals surface area contributed by atoms with Crippen molar-refractivity contribution in [2.45, 2.75) is 13.3 Å². The summed E-state index contributed by atoms with van der Waals surface area (Å²) >= 11 is 0. The Kier molecular flexibility index (Phi) is 3.28. The average molecular weight is 341 g/mol. The van der Waals surface area contributed by atoms with Crippen LogP contribution in [0.15, 0.2) is 65.4 Å². The van der Waals surface area contributed by atoms with E-state index >= 15 is 0 Å². The van der Waals surface area contributed by atoms with Crippen LogP contribution in [0.2, 0.25) is 0 Å². The zero-order valence-electron chi connectivity index (χ0n) is 14.1. The summed E-state index contributed by atoms with van der Waals surface area (Å²) in [5, 5.41) is 13.7. The van der Waals surface area contributed by atoms with Gasteiger partial charge in [-0.3, -0.25) is 9.38 Å². The van der Waals surface area contributed by atoms with Crippen LogP contribution >= 0.6 is 0 Å². The first-order chi connectivity index (χ1) is 12.8. The molecule has 0 N–H and O–H groups in total. The third kappa shape index (κ3) is 2.52. The molecule has 126 valence electrons. The fourth-order valence-electron chi connectivity index (χ4n) is 3.12. The largest absolute Gasteiger partial charge is 0.356 e. The number of aryl methyl sites for hydroxylation is 1. The molecule has 0 atom stereocenters. The molecule has 0 saturated carbocycles. The Morgan fingerprint density at radius 2 is 2.00 bits per heavy atom. The molecule has 4 aromatic heterocycles. The minimum atomic E-state index is 0.685. The fourth-order valence-corrected chi connectivity index (χ4v) is 3.12. The Bertz CT molecular complexity index is 1240. The van der Waals surface area contributed by atoms with Crippen LogP contribution in [0.3, 0.4) is 0 Å². The molecule has 26 heavy (non-hydrogen) atoms. The molecule has 1 aromatic carbocycles. The van der Waals surface area contributed by atoms with Crippen LogP contribution in [-0.4, -0.2) is 24.7 Å². The summed E-state index contributed by atoms with van der Waals surface area (Å²) in [7, 11) is 0. The van der Waals surface area contributed by atoms with Crippen LogP contribution in [0.1, 0.15) is 17.1 Å². The number of fused-ring (bicyclic) bond motifs is 2. The molecule has 0 unspecified atom stereocenters. The van der Waals surface area contributed by atoms with Crippen molar-refractivity contribution in [3.8, 4) is 11.3 Å². The van der Waals surface area contributed by atoms with Crippen molar-refractivity contribution >= 4 is 16.6 Å². The summed E-state index contributed by atoms with van der Waals surface area (Å²) in [4.78, 5) is 4.37. The lowest BCUT2D eigenvalue weighted by Gasteiger charge is -2.04. The summed E-state index contributed by atoms with van der Waals surface area (Å²) in [5.41, 5.74) is 4.77. The van der Waals surface area contributed by atoms with Crippen molar-refractivity contribution < 1.29 is 4.52 Å². The van der Waals surface area contributed by atoms with Crippen LogP contribution < -0.4 is 0 Å². The molecule has 0 aliphatic heterocycles. The second-order valence-electron chi connectivity index (χ2n) is 6.30. The van der Waals surface area contributed by atoms with Crippen molar-refractivity contribution in [3.63, 3.8) is 0 Å². The summed E-state index contributed by atoms with van der Waals surface area (Å²) < 4.78 is 7.37. The molecule has 4 heterocycles. The quantitative estimate of drug-likeness (QED) is 0.499. The van der Waals surface area contributed by atoms with E-state index in [0.29, 0.717) is 6.42 Å². The zero-order chi connectivity index (χ0) is 17.5. The normalized spacial score (nSPS) is 11.4. The fraction of sp³-hybridized carbons (Fsp3) is 0.100. The third-order valence-electron chi connectivity index (χ3n) is 4.42. The molecule has 5 aromatic rings. The SMILES string of the molecule is Cc1cc(-c2ccc3nnc(Cc4ccc5ncccc5c4)n3c2)on1. The van der Waals surface area contributed by atoms with Gasteiger partial charge in [0, 0.05) is 35.8 Å². The van der Waals surface area contributed by atoms with Crippen molar-refractivity contribution in [1.29, 1.82) is 0 Å². The Morgan fingerprint density at radius 1 is 1.04 bits per heavy atom. The van der Waals surface area contributed by atoms with Crippen LogP contribution in [0.5, 0.6) is 0 Å². The number of rotatable bonds is 3. The lowest BCUT2D eigenvalue weighted by atomic mass is 10.1. The van der Waals surface area contributed by atoms with Crippen LogP contribution in [0, 0.1) is 6.92 Å². The summed E-state index contributed by atoms with van der Waals surface area (Å²) in [6.45, 7) is 1.91. The van der Waals surface area contributed by atoms with Crippen molar-refractivity contribution in [2.24, 2.45) is 0 Å². The molecule has 5 rings (SSSR count). The first-order valence-electron chi connectivity index (χ1n) is 8.37. The molecular formula is C20H15N5O. The van der Waals surface area contributed by atoms with Gasteiger partial charge in [-0.05, 0) is 42.8 Å². The number of hydrogen-bond donors (Lipinski definition) is 0. The van der Waals surface area contributed by atoms with Crippen molar-refractivity contribution in [3.05, 3.63) is 78.0 Å². The van der Waals surface area contributed by atoms with Gasteiger partial charge in [-0.25, -0.2) is 0 Å². The van der Waals surface area contributed by atoms with Gasteiger partial charge in [-0.1, -0.05) is 17.3 Å². The van der Waals surface area contributed by atoms with Crippen LogP contribution in [0.25, 0.3) is 27.9 Å². The number of hydrogen-bond acceptors (Lipinski definition) is 5. The standard InChI is InChI=1S/C20H15N5O/c1-13-9-18(26-24-13)16-5-7-19-22-23-20(25(19)12-16)11-14-4-6-17-15(10-14)3-2-8-21-17/h2-10,12H,11H2,1H3. The predicted molar refractivity (Wildman–Crippen MR) is 97.8 cm³/mol. The number of benzene rings is 1. The van der Waals surface area contributed by atoms with E-state index < -0.39 is 0 Å². The van der Waals surface area contributed by atoms with E-state index in [1.54, 1.807) is 6.20 Å². The van der Waals surface area contributed by atoms with E-state index in [1.807, 2.05) is 47.9 Å². The highest BCUT2D eigenvalue weighted by molar-refractivity contribution is 5.79. The van der Waals surface area contributed by atoms with E-state index in [2.05, 4.69) is 38.5 Å². The number of pyridine rings is 2. The van der Waals surface area contributed by atoms with E-state index in [9.17, 15) is 0 Å². The van der Waals surface area contributed by atoms with Crippen LogP contribution in [-0.2, 0) is 6.42 Å². The van der Waals surface area contributed by atoms with Gasteiger partial charge in [0.2, 0.25) is 0 Å². The molecule has 0 aliphatic rings. The molecule has 0 radical (unpaired) electrons. The van der Waals surface area contributed by atoms with Gasteiger partial charge in [0.15, 0.2) is 11.4 Å². The van der Waals surface area contributed by atoms with E-state index in [0.717, 1.165) is 39.4 Å². The van der Waals surface area contributed by atoms with Gasteiger partial charge in [-0.2, -0.15) is 0 Å². The molecule has 0 saturated heterocycles. The van der Waals surface area contributed by atoms with Gasteiger partial charge in [-0.15, -0.1) is 10.2 Å². The summed E-state index contributed by atoms with van der Waals surface area (Å²) in [6.07, 6.45) is 4.49. The molecule has 0 bridgehead atoms. The van der Waals surface area contributed by atoms with Crippen molar-refractivity contribution in [1.82, 2.24) is 24.7 Å². The number of nitrogens with zero attached hydrogens (tertiary/aromatic N) is 5. The lowest BCUT2D eigenvalue weighted by molar-refractivity contribution is 0.427. The van der Waals surface area contributed by atoms with E-state index in [-0.39, 0.29) is 0 Å². The van der Waals surface area contributed by atoms with E-state index in [4.69, 9.17) is 4.52 Å². The molecule has 0 aliphatic carbocycles. The van der Waals surface area contributed by atoms with Gasteiger partial charge < -0.3 is 4.52 Å². The summed E-state index contributed by atoms with van der Waals surface area (Å²) in [5.74, 6) is 1.61. The molecule has 6 heteroatoms. The minimum absolute atomic E-state index is 0.685. The maximum Gasteiger partial charge on any atom is 0.168 e. The Balaban J connectivity index is 1.55. The first-order valence-corrected chi connectivity index (χ1v) is 8.37. The van der Waals surface area contributed by atoms with Gasteiger partial charge in [0.05, 0.1) is 11.2 Å².